The Hall–Kier alpha value is -2.42. The van der Waals surface area contributed by atoms with Gasteiger partial charge in [-0.1, -0.05) is 6.07 Å². The van der Waals surface area contributed by atoms with Crippen LogP contribution in [0.5, 0.6) is 0 Å². The summed E-state index contributed by atoms with van der Waals surface area (Å²) in [5.74, 6) is -0.0888. The number of piperidine rings is 1. The zero-order valence-corrected chi connectivity index (χ0v) is 19.3. The summed E-state index contributed by atoms with van der Waals surface area (Å²) in [7, 11) is 0. The third-order valence-corrected chi connectivity index (χ3v) is 7.38. The van der Waals surface area contributed by atoms with Gasteiger partial charge in [0.05, 0.1) is 24.8 Å². The van der Waals surface area contributed by atoms with Gasteiger partial charge in [-0.15, -0.1) is 22.7 Å². The molecule has 1 aliphatic heterocycles. The van der Waals surface area contributed by atoms with Gasteiger partial charge in [0.15, 0.2) is 5.76 Å². The van der Waals surface area contributed by atoms with E-state index in [0.717, 1.165) is 41.4 Å². The van der Waals surface area contributed by atoms with Crippen molar-refractivity contribution in [3.63, 3.8) is 0 Å². The van der Waals surface area contributed by atoms with E-state index in [1.54, 1.807) is 34.8 Å². The lowest BCUT2D eigenvalue weighted by molar-refractivity contribution is -0.149. The first-order valence-corrected chi connectivity index (χ1v) is 12.2. The van der Waals surface area contributed by atoms with Crippen molar-refractivity contribution in [2.24, 2.45) is 5.92 Å². The average Bonchev–Trinajstić information content (AvgIpc) is 3.52. The first-order valence-electron chi connectivity index (χ1n) is 10.5. The molecule has 164 valence electrons. The van der Waals surface area contributed by atoms with E-state index in [1.807, 2.05) is 6.92 Å². The van der Waals surface area contributed by atoms with Crippen LogP contribution in [0, 0.1) is 12.8 Å². The standard InChI is InChI=1S/C23H26N2O4S2/c1-3-28-23(27)16-8-10-25(11-9-16)20(19-7-5-13-30-19)17-14-15(2)31-22(17)24-21(26)18-6-4-12-29-18/h4-7,12-14,16,20H,3,8-11H2,1-2H3,(H,24,26). The molecule has 6 nitrogen and oxygen atoms in total. The lowest BCUT2D eigenvalue weighted by Crippen LogP contribution is -2.39. The molecular weight excluding hydrogens is 432 g/mol. The Morgan fingerprint density at radius 1 is 1.29 bits per heavy atom. The minimum absolute atomic E-state index is 0.0278. The summed E-state index contributed by atoms with van der Waals surface area (Å²) in [5, 5.41) is 5.96. The third kappa shape index (κ3) is 4.92. The van der Waals surface area contributed by atoms with Gasteiger partial charge in [0, 0.05) is 15.3 Å². The number of carbonyl (C=O) groups is 2. The fourth-order valence-corrected chi connectivity index (χ4v) is 5.85. The van der Waals surface area contributed by atoms with Crippen molar-refractivity contribution < 1.29 is 18.7 Å². The summed E-state index contributed by atoms with van der Waals surface area (Å²) in [6, 6.07) is 9.74. The Morgan fingerprint density at radius 2 is 2.10 bits per heavy atom. The molecule has 1 N–H and O–H groups in total. The molecule has 4 heterocycles. The Labute approximate surface area is 189 Å². The molecule has 1 unspecified atom stereocenters. The number of aryl methyl sites for hydroxylation is 1. The SMILES string of the molecule is CCOC(=O)C1CCN(C(c2cccs2)c2cc(C)sc2NC(=O)c2ccco2)CC1. The van der Waals surface area contributed by atoms with Gasteiger partial charge in [-0.25, -0.2) is 0 Å². The molecule has 0 radical (unpaired) electrons. The summed E-state index contributed by atoms with van der Waals surface area (Å²) in [5.41, 5.74) is 1.08. The topological polar surface area (TPSA) is 71.8 Å². The van der Waals surface area contributed by atoms with Gasteiger partial charge < -0.3 is 14.5 Å². The van der Waals surface area contributed by atoms with Crippen molar-refractivity contribution in [1.82, 2.24) is 4.90 Å². The largest absolute Gasteiger partial charge is 0.466 e. The second-order valence-electron chi connectivity index (χ2n) is 7.55. The van der Waals surface area contributed by atoms with E-state index >= 15 is 0 Å². The first-order chi connectivity index (χ1) is 15.1. The van der Waals surface area contributed by atoms with Crippen molar-refractivity contribution in [3.8, 4) is 0 Å². The monoisotopic (exact) mass is 458 g/mol. The predicted octanol–water partition coefficient (Wildman–Crippen LogP) is 5.33. The van der Waals surface area contributed by atoms with Gasteiger partial charge in [-0.3, -0.25) is 14.5 Å². The normalized spacial score (nSPS) is 16.2. The first kappa shape index (κ1) is 21.8. The number of carbonyl (C=O) groups excluding carboxylic acids is 2. The molecule has 1 saturated heterocycles. The van der Waals surface area contributed by atoms with Crippen LogP contribution in [0.15, 0.2) is 46.4 Å². The number of likely N-dealkylation sites (tertiary alicyclic amines) is 1. The highest BCUT2D eigenvalue weighted by Crippen LogP contribution is 2.42. The molecule has 0 saturated carbocycles. The number of anilines is 1. The minimum Gasteiger partial charge on any atom is -0.466 e. The van der Waals surface area contributed by atoms with Crippen molar-refractivity contribution >= 4 is 39.6 Å². The highest BCUT2D eigenvalue weighted by molar-refractivity contribution is 7.16. The molecule has 31 heavy (non-hydrogen) atoms. The van der Waals surface area contributed by atoms with Crippen LogP contribution < -0.4 is 5.32 Å². The highest BCUT2D eigenvalue weighted by atomic mass is 32.1. The van der Waals surface area contributed by atoms with E-state index in [2.05, 4.69) is 40.7 Å². The van der Waals surface area contributed by atoms with Crippen molar-refractivity contribution in [2.75, 3.05) is 25.0 Å². The van der Waals surface area contributed by atoms with E-state index in [4.69, 9.17) is 9.15 Å². The molecule has 0 aliphatic carbocycles. The molecule has 0 aromatic carbocycles. The number of rotatable bonds is 7. The smallest absolute Gasteiger partial charge is 0.309 e. The Kier molecular flexibility index (Phi) is 6.89. The van der Waals surface area contributed by atoms with Crippen LogP contribution in [0.3, 0.4) is 0 Å². The lowest BCUT2D eigenvalue weighted by Gasteiger charge is -2.36. The van der Waals surface area contributed by atoms with Crippen molar-refractivity contribution in [3.05, 3.63) is 63.1 Å². The zero-order valence-electron chi connectivity index (χ0n) is 17.6. The number of nitrogens with zero attached hydrogens (tertiary/aromatic N) is 1. The van der Waals surface area contributed by atoms with Crippen LogP contribution in [0.2, 0.25) is 0 Å². The van der Waals surface area contributed by atoms with Gasteiger partial charge in [-0.2, -0.15) is 0 Å². The highest BCUT2D eigenvalue weighted by Gasteiger charge is 2.33. The molecule has 3 aromatic heterocycles. The number of furan rings is 1. The van der Waals surface area contributed by atoms with Crippen LogP contribution in [0.1, 0.15) is 51.7 Å². The molecule has 1 amide bonds. The number of hydrogen-bond donors (Lipinski definition) is 1. The van der Waals surface area contributed by atoms with Crippen LogP contribution in [-0.2, 0) is 9.53 Å². The molecule has 1 fully saturated rings. The number of amides is 1. The van der Waals surface area contributed by atoms with E-state index in [-0.39, 0.29) is 23.8 Å². The summed E-state index contributed by atoms with van der Waals surface area (Å²) in [6.45, 7) is 5.91. The molecule has 4 rings (SSSR count). The molecule has 1 atom stereocenters. The molecule has 1 aliphatic rings. The maximum absolute atomic E-state index is 12.6. The van der Waals surface area contributed by atoms with Crippen LogP contribution >= 0.6 is 22.7 Å². The quantitative estimate of drug-likeness (QED) is 0.485. The summed E-state index contributed by atoms with van der Waals surface area (Å²) < 4.78 is 10.5. The van der Waals surface area contributed by atoms with E-state index in [1.165, 1.54) is 11.1 Å². The number of nitrogens with one attached hydrogen (secondary N) is 1. The maximum atomic E-state index is 12.6. The zero-order chi connectivity index (χ0) is 21.8. The summed E-state index contributed by atoms with van der Waals surface area (Å²) >= 11 is 3.28. The summed E-state index contributed by atoms with van der Waals surface area (Å²) in [6.07, 6.45) is 3.05. The van der Waals surface area contributed by atoms with Gasteiger partial charge in [0.2, 0.25) is 0 Å². The van der Waals surface area contributed by atoms with Crippen LogP contribution in [0.4, 0.5) is 5.00 Å². The number of esters is 1. The Balaban J connectivity index is 1.58. The number of hydrogen-bond acceptors (Lipinski definition) is 7. The van der Waals surface area contributed by atoms with Gasteiger partial charge in [0.25, 0.3) is 5.91 Å². The lowest BCUT2D eigenvalue weighted by atomic mass is 9.94. The predicted molar refractivity (Wildman–Crippen MR) is 123 cm³/mol. The molecule has 3 aromatic rings. The Bertz CT molecular complexity index is 1000. The minimum atomic E-state index is -0.251. The fraction of sp³-hybridized carbons (Fsp3) is 0.391. The van der Waals surface area contributed by atoms with Crippen LogP contribution in [0.25, 0.3) is 0 Å². The second-order valence-corrected chi connectivity index (χ2v) is 9.79. The van der Waals surface area contributed by atoms with Crippen LogP contribution in [-0.4, -0.2) is 36.5 Å². The molecular formula is C23H26N2O4S2. The second kappa shape index (κ2) is 9.80. The average molecular weight is 459 g/mol. The fourth-order valence-electron chi connectivity index (χ4n) is 4.04. The molecule has 0 bridgehead atoms. The third-order valence-electron chi connectivity index (χ3n) is 5.48. The number of ether oxygens (including phenoxy) is 1. The van der Waals surface area contributed by atoms with E-state index in [9.17, 15) is 9.59 Å². The van der Waals surface area contributed by atoms with Gasteiger partial charge >= 0.3 is 5.97 Å². The van der Waals surface area contributed by atoms with Gasteiger partial charge in [0.1, 0.15) is 5.00 Å². The van der Waals surface area contributed by atoms with E-state index in [0.29, 0.717) is 12.4 Å². The number of thiophene rings is 2. The Morgan fingerprint density at radius 3 is 2.74 bits per heavy atom. The van der Waals surface area contributed by atoms with E-state index < -0.39 is 0 Å². The van der Waals surface area contributed by atoms with Crippen molar-refractivity contribution in [1.29, 1.82) is 0 Å². The van der Waals surface area contributed by atoms with Gasteiger partial charge in [-0.05, 0) is 69.4 Å². The molecule has 0 spiro atoms. The molecule has 8 heteroatoms. The van der Waals surface area contributed by atoms with Crippen molar-refractivity contribution in [2.45, 2.75) is 32.7 Å². The summed E-state index contributed by atoms with van der Waals surface area (Å²) in [4.78, 5) is 29.6. The maximum Gasteiger partial charge on any atom is 0.309 e.